The number of hydrogen-bond donors (Lipinski definition) is 2. The average molecular weight is 371 g/mol. The number of halogens is 1. The molecule has 0 saturated heterocycles. The summed E-state index contributed by atoms with van der Waals surface area (Å²) in [5.41, 5.74) is 4.25. The second-order valence-corrected chi connectivity index (χ2v) is 6.45. The number of aromatic amines is 1. The molecule has 1 aliphatic heterocycles. The van der Waals surface area contributed by atoms with E-state index < -0.39 is 0 Å². The first-order valence-electron chi connectivity index (χ1n) is 8.52. The molecule has 3 aromatic rings. The molecule has 2 N–H and O–H groups in total. The van der Waals surface area contributed by atoms with Crippen LogP contribution < -0.4 is 14.8 Å². The Kier molecular flexibility index (Phi) is 5.04. The number of benzene rings is 1. The topological polar surface area (TPSA) is 72.1 Å². The molecule has 26 heavy (non-hydrogen) atoms. The lowest BCUT2D eigenvalue weighted by atomic mass is 10.1. The van der Waals surface area contributed by atoms with Crippen LogP contribution in [0.25, 0.3) is 11.3 Å². The van der Waals surface area contributed by atoms with Crippen molar-refractivity contribution >= 4 is 11.6 Å². The summed E-state index contributed by atoms with van der Waals surface area (Å²) in [6, 6.07) is 7.87. The van der Waals surface area contributed by atoms with Crippen molar-refractivity contribution in [1.82, 2.24) is 20.5 Å². The zero-order valence-corrected chi connectivity index (χ0v) is 14.9. The van der Waals surface area contributed by atoms with Gasteiger partial charge in [0.1, 0.15) is 13.2 Å². The number of H-pyrrole nitrogens is 1. The normalized spacial score (nSPS) is 13.0. The van der Waals surface area contributed by atoms with Crippen molar-refractivity contribution in [2.45, 2.75) is 13.0 Å². The molecule has 0 spiro atoms. The highest BCUT2D eigenvalue weighted by Crippen LogP contribution is 2.38. The highest BCUT2D eigenvalue weighted by molar-refractivity contribution is 6.32. The molecular weight excluding hydrogens is 352 g/mol. The van der Waals surface area contributed by atoms with Crippen molar-refractivity contribution in [3.05, 3.63) is 59.0 Å². The van der Waals surface area contributed by atoms with E-state index in [0.29, 0.717) is 24.0 Å². The third kappa shape index (κ3) is 3.66. The first-order valence-corrected chi connectivity index (χ1v) is 8.90. The second-order valence-electron chi connectivity index (χ2n) is 6.04. The molecule has 3 heterocycles. The zero-order chi connectivity index (χ0) is 17.8. The summed E-state index contributed by atoms with van der Waals surface area (Å²) >= 11 is 6.29. The van der Waals surface area contributed by atoms with Crippen molar-refractivity contribution in [2.24, 2.45) is 0 Å². The molecule has 1 aliphatic rings. The Morgan fingerprint density at radius 1 is 1.19 bits per heavy atom. The molecule has 0 atom stereocenters. The standard InChI is InChI=1S/C19H19ClN4O2/c20-16-8-13(9-17-19(16)26-7-6-25-17)3-5-22-11-15-12-23-24-18(15)14-2-1-4-21-10-14/h1-2,4,8-10,12,22H,3,5-7,11H2,(H,23,24). The van der Waals surface area contributed by atoms with Gasteiger partial charge in [0.25, 0.3) is 0 Å². The molecule has 2 aromatic heterocycles. The van der Waals surface area contributed by atoms with Crippen LogP contribution in [0.4, 0.5) is 0 Å². The van der Waals surface area contributed by atoms with Crippen molar-refractivity contribution in [3.63, 3.8) is 0 Å². The highest BCUT2D eigenvalue weighted by atomic mass is 35.5. The van der Waals surface area contributed by atoms with Gasteiger partial charge in [0.15, 0.2) is 11.5 Å². The average Bonchev–Trinajstić information content (AvgIpc) is 3.15. The third-order valence-electron chi connectivity index (χ3n) is 4.23. The van der Waals surface area contributed by atoms with Crippen LogP contribution in [0.2, 0.25) is 5.02 Å². The van der Waals surface area contributed by atoms with E-state index in [2.05, 4.69) is 20.5 Å². The smallest absolute Gasteiger partial charge is 0.179 e. The molecular formula is C19H19ClN4O2. The van der Waals surface area contributed by atoms with E-state index in [1.54, 1.807) is 6.20 Å². The monoisotopic (exact) mass is 370 g/mol. The molecule has 0 radical (unpaired) electrons. The van der Waals surface area contributed by atoms with Crippen LogP contribution in [0.5, 0.6) is 11.5 Å². The first-order chi connectivity index (χ1) is 12.8. The largest absolute Gasteiger partial charge is 0.486 e. The van der Waals surface area contributed by atoms with Gasteiger partial charge in [-0.05, 0) is 42.8 Å². The van der Waals surface area contributed by atoms with Crippen LogP contribution in [0.3, 0.4) is 0 Å². The van der Waals surface area contributed by atoms with Gasteiger partial charge in [-0.15, -0.1) is 0 Å². The number of pyridine rings is 1. The molecule has 6 nitrogen and oxygen atoms in total. The first kappa shape index (κ1) is 16.9. The third-order valence-corrected chi connectivity index (χ3v) is 4.51. The molecule has 0 unspecified atom stereocenters. The van der Waals surface area contributed by atoms with E-state index >= 15 is 0 Å². The van der Waals surface area contributed by atoms with Gasteiger partial charge in [-0.2, -0.15) is 5.10 Å². The van der Waals surface area contributed by atoms with E-state index in [0.717, 1.165) is 47.6 Å². The molecule has 0 aliphatic carbocycles. The summed E-state index contributed by atoms with van der Waals surface area (Å²) in [4.78, 5) is 4.16. The van der Waals surface area contributed by atoms with Crippen LogP contribution in [0, 0.1) is 0 Å². The lowest BCUT2D eigenvalue weighted by molar-refractivity contribution is 0.171. The minimum Gasteiger partial charge on any atom is -0.486 e. The van der Waals surface area contributed by atoms with E-state index in [-0.39, 0.29) is 0 Å². The summed E-state index contributed by atoms with van der Waals surface area (Å²) in [6.07, 6.45) is 6.27. The Bertz CT molecular complexity index is 883. The van der Waals surface area contributed by atoms with E-state index in [1.807, 2.05) is 36.7 Å². The second kappa shape index (κ2) is 7.76. The number of fused-ring (bicyclic) bond motifs is 1. The summed E-state index contributed by atoms with van der Waals surface area (Å²) in [5, 5.41) is 11.3. The number of rotatable bonds is 6. The van der Waals surface area contributed by atoms with Gasteiger partial charge in [0.2, 0.25) is 0 Å². The quantitative estimate of drug-likeness (QED) is 0.652. The molecule has 4 rings (SSSR count). The summed E-state index contributed by atoms with van der Waals surface area (Å²) < 4.78 is 11.2. The maximum absolute atomic E-state index is 6.29. The fourth-order valence-corrected chi connectivity index (χ4v) is 3.26. The zero-order valence-electron chi connectivity index (χ0n) is 14.2. The Labute approximate surface area is 156 Å². The molecule has 7 heteroatoms. The molecule has 0 bridgehead atoms. The van der Waals surface area contributed by atoms with Crippen molar-refractivity contribution < 1.29 is 9.47 Å². The van der Waals surface area contributed by atoms with Crippen molar-refractivity contribution in [3.8, 4) is 22.8 Å². The molecule has 1 aromatic carbocycles. The SMILES string of the molecule is Clc1cc(CCNCc2cn[nH]c2-c2cccnc2)cc2c1OCCO2. The van der Waals surface area contributed by atoms with E-state index in [4.69, 9.17) is 21.1 Å². The van der Waals surface area contributed by atoms with Crippen LogP contribution in [0.15, 0.2) is 42.9 Å². The van der Waals surface area contributed by atoms with Crippen molar-refractivity contribution in [2.75, 3.05) is 19.8 Å². The summed E-state index contributed by atoms with van der Waals surface area (Å²) in [6.45, 7) is 2.63. The Morgan fingerprint density at radius 2 is 2.12 bits per heavy atom. The van der Waals surface area contributed by atoms with Gasteiger partial charge < -0.3 is 14.8 Å². The van der Waals surface area contributed by atoms with Gasteiger partial charge in [0.05, 0.1) is 16.9 Å². The maximum Gasteiger partial charge on any atom is 0.179 e. The Hall–Kier alpha value is -2.57. The minimum absolute atomic E-state index is 0.539. The van der Waals surface area contributed by atoms with E-state index in [1.165, 1.54) is 0 Å². The number of aromatic nitrogens is 3. The summed E-state index contributed by atoms with van der Waals surface area (Å²) in [7, 11) is 0. The molecule has 134 valence electrons. The van der Waals surface area contributed by atoms with Gasteiger partial charge in [0, 0.05) is 30.1 Å². The fourth-order valence-electron chi connectivity index (χ4n) is 2.97. The van der Waals surface area contributed by atoms with E-state index in [9.17, 15) is 0 Å². The Morgan fingerprint density at radius 3 is 3.00 bits per heavy atom. The highest BCUT2D eigenvalue weighted by Gasteiger charge is 2.16. The molecule has 0 fully saturated rings. The van der Waals surface area contributed by atoms with Gasteiger partial charge in [-0.3, -0.25) is 10.1 Å². The predicted octanol–water partition coefficient (Wildman–Crippen LogP) is 3.23. The number of nitrogens with one attached hydrogen (secondary N) is 2. The molecule has 0 saturated carbocycles. The lowest BCUT2D eigenvalue weighted by Gasteiger charge is -2.20. The number of ether oxygens (including phenoxy) is 2. The van der Waals surface area contributed by atoms with Gasteiger partial charge in [-0.1, -0.05) is 11.6 Å². The van der Waals surface area contributed by atoms with Crippen LogP contribution in [-0.4, -0.2) is 34.9 Å². The molecule has 0 amide bonds. The van der Waals surface area contributed by atoms with Crippen molar-refractivity contribution in [1.29, 1.82) is 0 Å². The van der Waals surface area contributed by atoms with Gasteiger partial charge >= 0.3 is 0 Å². The summed E-state index contributed by atoms with van der Waals surface area (Å²) in [5.74, 6) is 1.38. The Balaban J connectivity index is 1.35. The number of nitrogens with zero attached hydrogens (tertiary/aromatic N) is 2. The minimum atomic E-state index is 0.539. The predicted molar refractivity (Wildman–Crippen MR) is 99.7 cm³/mol. The van der Waals surface area contributed by atoms with Crippen LogP contribution in [-0.2, 0) is 13.0 Å². The van der Waals surface area contributed by atoms with Crippen LogP contribution in [0.1, 0.15) is 11.1 Å². The number of hydrogen-bond acceptors (Lipinski definition) is 5. The van der Waals surface area contributed by atoms with Crippen LogP contribution >= 0.6 is 11.6 Å². The lowest BCUT2D eigenvalue weighted by Crippen LogP contribution is -2.18. The van der Waals surface area contributed by atoms with Gasteiger partial charge in [-0.25, -0.2) is 0 Å². The maximum atomic E-state index is 6.29. The fraction of sp³-hybridized carbons (Fsp3) is 0.263.